The molecule has 2 rings (SSSR count). The zero-order valence-electron chi connectivity index (χ0n) is 11.7. The number of aromatic nitrogens is 2. The normalized spacial score (nSPS) is 19.0. The Morgan fingerprint density at radius 3 is 2.65 bits per heavy atom. The molecule has 0 saturated carbocycles. The summed E-state index contributed by atoms with van der Waals surface area (Å²) in [5, 5.41) is 7.80. The van der Waals surface area contributed by atoms with Crippen molar-refractivity contribution in [3.8, 4) is 0 Å². The second-order valence-electron chi connectivity index (χ2n) is 5.88. The quantitative estimate of drug-likeness (QED) is 0.867. The van der Waals surface area contributed by atoms with E-state index >= 15 is 0 Å². The zero-order chi connectivity index (χ0) is 12.6. The number of nitrogens with one attached hydrogen (secondary N) is 1. The van der Waals surface area contributed by atoms with Crippen molar-refractivity contribution in [2.45, 2.75) is 33.7 Å². The van der Waals surface area contributed by atoms with Gasteiger partial charge < -0.3 is 10.2 Å². The molecule has 0 radical (unpaired) electrons. The highest BCUT2D eigenvalue weighted by Gasteiger charge is 2.32. The molecule has 17 heavy (non-hydrogen) atoms. The van der Waals surface area contributed by atoms with Crippen LogP contribution in [0.25, 0.3) is 0 Å². The molecule has 0 amide bonds. The van der Waals surface area contributed by atoms with E-state index in [-0.39, 0.29) is 0 Å². The van der Waals surface area contributed by atoms with Crippen LogP contribution in [-0.2, 0) is 13.6 Å². The van der Waals surface area contributed by atoms with Crippen LogP contribution in [-0.4, -0.2) is 29.9 Å². The first kappa shape index (κ1) is 12.4. The lowest BCUT2D eigenvalue weighted by Gasteiger charge is -2.23. The highest BCUT2D eigenvalue weighted by molar-refractivity contribution is 5.51. The lowest BCUT2D eigenvalue weighted by atomic mass is 9.93. The predicted molar refractivity (Wildman–Crippen MR) is 71.3 cm³/mol. The Hall–Kier alpha value is -1.03. The first-order valence-corrected chi connectivity index (χ1v) is 6.36. The zero-order valence-corrected chi connectivity index (χ0v) is 11.7. The van der Waals surface area contributed by atoms with Crippen molar-refractivity contribution in [3.05, 3.63) is 11.3 Å². The van der Waals surface area contributed by atoms with Gasteiger partial charge in [-0.3, -0.25) is 4.68 Å². The van der Waals surface area contributed by atoms with E-state index in [4.69, 9.17) is 0 Å². The molecular formula is C13H24N4. The number of nitrogens with zero attached hydrogens (tertiary/aromatic N) is 3. The summed E-state index contributed by atoms with van der Waals surface area (Å²) in [6.07, 6.45) is 1.26. The van der Waals surface area contributed by atoms with Gasteiger partial charge in [-0.15, -0.1) is 0 Å². The van der Waals surface area contributed by atoms with Gasteiger partial charge in [0.2, 0.25) is 0 Å². The van der Waals surface area contributed by atoms with Crippen LogP contribution in [0.2, 0.25) is 0 Å². The van der Waals surface area contributed by atoms with Crippen LogP contribution in [0.4, 0.5) is 5.82 Å². The molecule has 0 atom stereocenters. The molecule has 0 bridgehead atoms. The van der Waals surface area contributed by atoms with Crippen LogP contribution in [0.1, 0.15) is 31.5 Å². The van der Waals surface area contributed by atoms with Crippen molar-refractivity contribution in [3.63, 3.8) is 0 Å². The van der Waals surface area contributed by atoms with Crippen molar-refractivity contribution in [2.75, 3.05) is 25.0 Å². The van der Waals surface area contributed by atoms with Crippen LogP contribution in [0.5, 0.6) is 0 Å². The second kappa shape index (κ2) is 4.33. The smallest absolute Gasteiger partial charge is 0.131 e. The van der Waals surface area contributed by atoms with E-state index in [0.717, 1.165) is 25.3 Å². The highest BCUT2D eigenvalue weighted by atomic mass is 15.4. The molecule has 1 fully saturated rings. The van der Waals surface area contributed by atoms with Crippen molar-refractivity contribution >= 4 is 5.82 Å². The predicted octanol–water partition coefficient (Wildman–Crippen LogP) is 1.68. The van der Waals surface area contributed by atoms with Crippen molar-refractivity contribution in [1.29, 1.82) is 0 Å². The molecule has 0 aliphatic carbocycles. The monoisotopic (exact) mass is 236 g/mol. The van der Waals surface area contributed by atoms with E-state index < -0.39 is 0 Å². The third kappa shape index (κ3) is 2.32. The van der Waals surface area contributed by atoms with Crippen molar-refractivity contribution in [1.82, 2.24) is 15.1 Å². The Balaban J connectivity index is 2.32. The van der Waals surface area contributed by atoms with E-state index in [9.17, 15) is 0 Å². The molecule has 2 heterocycles. The molecule has 1 aromatic rings. The van der Waals surface area contributed by atoms with Gasteiger partial charge in [0.1, 0.15) is 5.82 Å². The summed E-state index contributed by atoms with van der Waals surface area (Å²) in [5.74, 6) is 1.29. The van der Waals surface area contributed by atoms with Crippen LogP contribution in [0, 0.1) is 12.3 Å². The van der Waals surface area contributed by atoms with Gasteiger partial charge >= 0.3 is 0 Å². The summed E-state index contributed by atoms with van der Waals surface area (Å²) >= 11 is 0. The van der Waals surface area contributed by atoms with Gasteiger partial charge in [0.25, 0.3) is 0 Å². The maximum atomic E-state index is 4.56. The average Bonchev–Trinajstić information content (AvgIpc) is 2.69. The standard InChI is InChI=1S/C13H24N4/c1-10-11(8-14-4)12(16(5)15-10)17-7-6-13(2,3)9-17/h14H,6-9H2,1-5H3. The summed E-state index contributed by atoms with van der Waals surface area (Å²) in [5.41, 5.74) is 2.91. The second-order valence-corrected chi connectivity index (χ2v) is 5.88. The summed E-state index contributed by atoms with van der Waals surface area (Å²) in [6, 6.07) is 0. The lowest BCUT2D eigenvalue weighted by Crippen LogP contribution is -2.26. The Morgan fingerprint density at radius 1 is 1.41 bits per heavy atom. The topological polar surface area (TPSA) is 33.1 Å². The molecule has 4 heteroatoms. The molecule has 1 aromatic heterocycles. The summed E-state index contributed by atoms with van der Waals surface area (Å²) in [6.45, 7) is 9.94. The van der Waals surface area contributed by atoms with Crippen molar-refractivity contribution in [2.24, 2.45) is 12.5 Å². The van der Waals surface area contributed by atoms with Gasteiger partial charge in [-0.2, -0.15) is 5.10 Å². The van der Waals surface area contributed by atoms with Gasteiger partial charge in [-0.05, 0) is 25.8 Å². The third-order valence-corrected chi connectivity index (χ3v) is 3.64. The van der Waals surface area contributed by atoms with E-state index in [1.54, 1.807) is 0 Å². The number of anilines is 1. The number of aryl methyl sites for hydroxylation is 2. The Labute approximate surface area is 104 Å². The lowest BCUT2D eigenvalue weighted by molar-refractivity contribution is 0.418. The summed E-state index contributed by atoms with van der Waals surface area (Å²) in [4.78, 5) is 2.48. The fraction of sp³-hybridized carbons (Fsp3) is 0.769. The van der Waals surface area contributed by atoms with E-state index in [1.165, 1.54) is 17.8 Å². The summed E-state index contributed by atoms with van der Waals surface area (Å²) < 4.78 is 2.03. The third-order valence-electron chi connectivity index (χ3n) is 3.64. The van der Waals surface area contributed by atoms with Crippen LogP contribution >= 0.6 is 0 Å². The van der Waals surface area contributed by atoms with E-state index in [1.807, 2.05) is 18.8 Å². The minimum absolute atomic E-state index is 0.426. The molecule has 1 aliphatic heterocycles. The fourth-order valence-corrected chi connectivity index (χ4v) is 2.76. The van der Waals surface area contributed by atoms with E-state index in [2.05, 4.69) is 36.1 Å². The summed E-state index contributed by atoms with van der Waals surface area (Å²) in [7, 11) is 4.04. The van der Waals surface area contributed by atoms with Gasteiger partial charge in [0.05, 0.1) is 5.69 Å². The van der Waals surface area contributed by atoms with Gasteiger partial charge in [0, 0.05) is 32.2 Å². The molecule has 0 spiro atoms. The highest BCUT2D eigenvalue weighted by Crippen LogP contribution is 2.34. The molecule has 4 nitrogen and oxygen atoms in total. The minimum atomic E-state index is 0.426. The number of rotatable bonds is 3. The number of hydrogen-bond donors (Lipinski definition) is 1. The molecule has 0 aromatic carbocycles. The first-order valence-electron chi connectivity index (χ1n) is 6.36. The van der Waals surface area contributed by atoms with E-state index in [0.29, 0.717) is 5.41 Å². The van der Waals surface area contributed by atoms with Gasteiger partial charge in [-0.25, -0.2) is 0 Å². The van der Waals surface area contributed by atoms with Crippen LogP contribution < -0.4 is 10.2 Å². The minimum Gasteiger partial charge on any atom is -0.356 e. The Kier molecular flexibility index (Phi) is 3.17. The first-order chi connectivity index (χ1) is 7.94. The fourth-order valence-electron chi connectivity index (χ4n) is 2.76. The van der Waals surface area contributed by atoms with Crippen LogP contribution in [0.3, 0.4) is 0 Å². The maximum absolute atomic E-state index is 4.56. The SMILES string of the molecule is CNCc1c(C)nn(C)c1N1CCC(C)(C)C1. The largest absolute Gasteiger partial charge is 0.356 e. The molecule has 0 unspecified atom stereocenters. The maximum Gasteiger partial charge on any atom is 0.131 e. The molecule has 1 N–H and O–H groups in total. The van der Waals surface area contributed by atoms with Crippen molar-refractivity contribution < 1.29 is 0 Å². The van der Waals surface area contributed by atoms with Gasteiger partial charge in [0.15, 0.2) is 0 Å². The molecule has 1 aliphatic rings. The molecule has 1 saturated heterocycles. The Morgan fingerprint density at radius 2 is 2.12 bits per heavy atom. The van der Waals surface area contributed by atoms with Gasteiger partial charge in [-0.1, -0.05) is 13.8 Å². The number of hydrogen-bond acceptors (Lipinski definition) is 3. The Bertz CT molecular complexity index is 406. The van der Waals surface area contributed by atoms with Crippen LogP contribution in [0.15, 0.2) is 0 Å². The molecule has 96 valence electrons. The molecular weight excluding hydrogens is 212 g/mol. The average molecular weight is 236 g/mol.